The quantitative estimate of drug-likeness (QED) is 0.852. The summed E-state index contributed by atoms with van der Waals surface area (Å²) in [6.07, 6.45) is 6.67. The van der Waals surface area contributed by atoms with Gasteiger partial charge in [-0.05, 0) is 12.0 Å². The topological polar surface area (TPSA) is 55.2 Å². The van der Waals surface area contributed by atoms with Crippen LogP contribution in [-0.2, 0) is 23.5 Å². The summed E-state index contributed by atoms with van der Waals surface area (Å²) in [7, 11) is 0.133. The maximum absolute atomic E-state index is 12.0. The zero-order chi connectivity index (χ0) is 15.6. The van der Waals surface area contributed by atoms with Gasteiger partial charge >= 0.3 is 0 Å². The molecule has 0 N–H and O–H groups in total. The molecule has 0 saturated carbocycles. The molecule has 0 atom stereocenters. The standard InChI is InChI=1S/C15H21N3O2S/c1-5-7-12-8-6-9-14(13-10-16-17(2)11-13)15(12)18(3)21(4,19)20/h6,8-11H,5,7H2,1-4H3. The van der Waals surface area contributed by atoms with Crippen LogP contribution in [-0.4, -0.2) is 31.5 Å². The zero-order valence-electron chi connectivity index (χ0n) is 12.9. The van der Waals surface area contributed by atoms with Crippen molar-refractivity contribution in [3.05, 3.63) is 36.2 Å². The van der Waals surface area contributed by atoms with Gasteiger partial charge in [0.2, 0.25) is 10.0 Å². The molecule has 0 radical (unpaired) electrons. The van der Waals surface area contributed by atoms with E-state index in [1.807, 2.05) is 31.4 Å². The summed E-state index contributed by atoms with van der Waals surface area (Å²) in [5.74, 6) is 0. The SMILES string of the molecule is CCCc1cccc(-c2cnn(C)c2)c1N(C)S(C)(=O)=O. The summed E-state index contributed by atoms with van der Waals surface area (Å²) < 4.78 is 27.0. The van der Waals surface area contributed by atoms with Crippen molar-refractivity contribution in [2.24, 2.45) is 7.05 Å². The molecule has 0 unspecified atom stereocenters. The number of rotatable bonds is 5. The van der Waals surface area contributed by atoms with Gasteiger partial charge in [-0.3, -0.25) is 8.99 Å². The van der Waals surface area contributed by atoms with Crippen molar-refractivity contribution in [3.8, 4) is 11.1 Å². The van der Waals surface area contributed by atoms with E-state index in [4.69, 9.17) is 0 Å². The predicted octanol–water partition coefficient (Wildman–Crippen LogP) is 2.44. The highest BCUT2D eigenvalue weighted by Gasteiger charge is 2.20. The number of anilines is 1. The van der Waals surface area contributed by atoms with Gasteiger partial charge in [0.15, 0.2) is 0 Å². The van der Waals surface area contributed by atoms with Gasteiger partial charge in [0.25, 0.3) is 0 Å². The smallest absolute Gasteiger partial charge is 0.232 e. The largest absolute Gasteiger partial charge is 0.275 e. The highest BCUT2D eigenvalue weighted by atomic mass is 32.2. The first kappa shape index (κ1) is 15.6. The molecule has 0 fully saturated rings. The van der Waals surface area contributed by atoms with Crippen LogP contribution in [0.2, 0.25) is 0 Å². The lowest BCUT2D eigenvalue weighted by Crippen LogP contribution is -2.26. The minimum Gasteiger partial charge on any atom is -0.275 e. The average molecular weight is 307 g/mol. The van der Waals surface area contributed by atoms with Crippen LogP contribution in [0, 0.1) is 0 Å². The summed E-state index contributed by atoms with van der Waals surface area (Å²) in [5, 5.41) is 4.18. The third-order valence-corrected chi connectivity index (χ3v) is 4.64. The molecular weight excluding hydrogens is 286 g/mol. The Morgan fingerprint density at radius 2 is 2.05 bits per heavy atom. The van der Waals surface area contributed by atoms with Gasteiger partial charge in [0, 0.05) is 31.4 Å². The predicted molar refractivity (Wildman–Crippen MR) is 85.9 cm³/mol. The number of nitrogens with zero attached hydrogens (tertiary/aromatic N) is 3. The Kier molecular flexibility index (Phi) is 4.37. The maximum atomic E-state index is 12.0. The molecule has 21 heavy (non-hydrogen) atoms. The molecule has 0 saturated heterocycles. The Hall–Kier alpha value is -1.82. The van der Waals surface area contributed by atoms with E-state index in [0.29, 0.717) is 0 Å². The van der Waals surface area contributed by atoms with Gasteiger partial charge in [-0.15, -0.1) is 0 Å². The van der Waals surface area contributed by atoms with E-state index in [-0.39, 0.29) is 0 Å². The van der Waals surface area contributed by atoms with Crippen molar-refractivity contribution < 1.29 is 8.42 Å². The van der Waals surface area contributed by atoms with Crippen molar-refractivity contribution in [2.75, 3.05) is 17.6 Å². The van der Waals surface area contributed by atoms with Crippen LogP contribution in [0.15, 0.2) is 30.6 Å². The Bertz CT molecular complexity index is 735. The molecular formula is C15H21N3O2S. The molecule has 2 aromatic rings. The lowest BCUT2D eigenvalue weighted by molar-refractivity contribution is 0.600. The Morgan fingerprint density at radius 1 is 1.33 bits per heavy atom. The van der Waals surface area contributed by atoms with E-state index in [1.54, 1.807) is 17.9 Å². The van der Waals surface area contributed by atoms with Crippen molar-refractivity contribution in [1.82, 2.24) is 9.78 Å². The highest BCUT2D eigenvalue weighted by molar-refractivity contribution is 7.92. The van der Waals surface area contributed by atoms with Gasteiger partial charge in [-0.25, -0.2) is 8.42 Å². The first-order valence-electron chi connectivity index (χ1n) is 6.89. The van der Waals surface area contributed by atoms with Gasteiger partial charge in [-0.1, -0.05) is 31.5 Å². The second-order valence-corrected chi connectivity index (χ2v) is 7.21. The molecule has 2 rings (SSSR count). The second-order valence-electron chi connectivity index (χ2n) is 5.20. The lowest BCUT2D eigenvalue weighted by Gasteiger charge is -2.23. The number of para-hydroxylation sites is 1. The summed E-state index contributed by atoms with van der Waals surface area (Å²) >= 11 is 0. The summed E-state index contributed by atoms with van der Waals surface area (Å²) in [5.41, 5.74) is 3.59. The molecule has 6 heteroatoms. The average Bonchev–Trinajstić information content (AvgIpc) is 2.83. The third kappa shape index (κ3) is 3.26. The first-order valence-corrected chi connectivity index (χ1v) is 8.74. The Labute approximate surface area is 126 Å². The molecule has 1 heterocycles. The van der Waals surface area contributed by atoms with E-state index in [2.05, 4.69) is 12.0 Å². The minimum atomic E-state index is -3.31. The van der Waals surface area contributed by atoms with Crippen LogP contribution in [0.4, 0.5) is 5.69 Å². The number of aryl methyl sites for hydroxylation is 2. The normalized spacial score (nSPS) is 11.6. The van der Waals surface area contributed by atoms with Gasteiger partial charge in [0.1, 0.15) is 0 Å². The molecule has 114 valence electrons. The lowest BCUT2D eigenvalue weighted by atomic mass is 10.00. The second kappa shape index (κ2) is 5.89. The number of sulfonamides is 1. The molecule has 0 aliphatic carbocycles. The molecule has 0 bridgehead atoms. The van der Waals surface area contributed by atoms with Crippen LogP contribution >= 0.6 is 0 Å². The first-order chi connectivity index (χ1) is 9.84. The van der Waals surface area contributed by atoms with E-state index < -0.39 is 10.0 Å². The number of hydrogen-bond donors (Lipinski definition) is 0. The fraction of sp³-hybridized carbons (Fsp3) is 0.400. The van der Waals surface area contributed by atoms with E-state index >= 15 is 0 Å². The maximum Gasteiger partial charge on any atom is 0.232 e. The molecule has 0 amide bonds. The highest BCUT2D eigenvalue weighted by Crippen LogP contribution is 2.35. The van der Waals surface area contributed by atoms with Gasteiger partial charge in [0.05, 0.1) is 18.1 Å². The number of benzene rings is 1. The van der Waals surface area contributed by atoms with E-state index in [9.17, 15) is 8.42 Å². The molecule has 0 aliphatic rings. The van der Waals surface area contributed by atoms with Crippen molar-refractivity contribution >= 4 is 15.7 Å². The van der Waals surface area contributed by atoms with Crippen LogP contribution in [0.3, 0.4) is 0 Å². The van der Waals surface area contributed by atoms with Crippen LogP contribution < -0.4 is 4.31 Å². The Balaban J connectivity index is 2.67. The zero-order valence-corrected chi connectivity index (χ0v) is 13.7. The van der Waals surface area contributed by atoms with Crippen molar-refractivity contribution in [1.29, 1.82) is 0 Å². The molecule has 1 aromatic heterocycles. The molecule has 1 aromatic carbocycles. The van der Waals surface area contributed by atoms with Crippen LogP contribution in [0.25, 0.3) is 11.1 Å². The summed E-state index contributed by atoms with van der Waals surface area (Å²) in [4.78, 5) is 0. The fourth-order valence-electron chi connectivity index (χ4n) is 2.39. The molecule has 0 aliphatic heterocycles. The monoisotopic (exact) mass is 307 g/mol. The number of hydrogen-bond acceptors (Lipinski definition) is 3. The van der Waals surface area contributed by atoms with Crippen LogP contribution in [0.1, 0.15) is 18.9 Å². The van der Waals surface area contributed by atoms with Crippen molar-refractivity contribution in [2.45, 2.75) is 19.8 Å². The summed E-state index contributed by atoms with van der Waals surface area (Å²) in [6.45, 7) is 2.08. The van der Waals surface area contributed by atoms with Crippen molar-refractivity contribution in [3.63, 3.8) is 0 Å². The summed E-state index contributed by atoms with van der Waals surface area (Å²) in [6, 6.07) is 5.89. The third-order valence-electron chi connectivity index (χ3n) is 3.47. The van der Waals surface area contributed by atoms with Crippen LogP contribution in [0.5, 0.6) is 0 Å². The number of aromatic nitrogens is 2. The van der Waals surface area contributed by atoms with Gasteiger partial charge in [-0.2, -0.15) is 5.10 Å². The minimum absolute atomic E-state index is 0.745. The van der Waals surface area contributed by atoms with Gasteiger partial charge < -0.3 is 0 Å². The Morgan fingerprint density at radius 3 is 2.57 bits per heavy atom. The molecule has 0 spiro atoms. The van der Waals surface area contributed by atoms with E-state index in [0.717, 1.165) is 35.2 Å². The van der Waals surface area contributed by atoms with E-state index in [1.165, 1.54) is 10.6 Å². The molecule has 5 nitrogen and oxygen atoms in total. The fourth-order valence-corrected chi connectivity index (χ4v) is 2.94.